The molecule has 0 aromatic carbocycles. The highest BCUT2D eigenvalue weighted by molar-refractivity contribution is 7.91. The van der Waals surface area contributed by atoms with E-state index in [9.17, 15) is 8.42 Å². The van der Waals surface area contributed by atoms with Crippen molar-refractivity contribution in [1.29, 1.82) is 0 Å². The molecule has 0 amide bonds. The molecule has 0 saturated carbocycles. The predicted molar refractivity (Wildman–Crippen MR) is 49.6 cm³/mol. The van der Waals surface area contributed by atoms with Crippen molar-refractivity contribution in [2.75, 3.05) is 11.5 Å². The molecule has 1 rings (SSSR count). The van der Waals surface area contributed by atoms with E-state index in [4.69, 9.17) is 5.73 Å². The van der Waals surface area contributed by atoms with Crippen LogP contribution in [0.15, 0.2) is 0 Å². The van der Waals surface area contributed by atoms with Gasteiger partial charge in [0.2, 0.25) is 0 Å². The molecule has 1 saturated heterocycles. The Bertz CT molecular complexity index is 246. The normalized spacial score (nSPS) is 35.3. The lowest BCUT2D eigenvalue weighted by atomic mass is 9.89. The van der Waals surface area contributed by atoms with E-state index in [-0.39, 0.29) is 23.5 Å². The van der Waals surface area contributed by atoms with E-state index in [1.54, 1.807) is 0 Å². The van der Waals surface area contributed by atoms with Crippen molar-refractivity contribution in [1.82, 2.24) is 0 Å². The summed E-state index contributed by atoms with van der Waals surface area (Å²) in [5, 5.41) is 0. The molecule has 12 heavy (non-hydrogen) atoms. The van der Waals surface area contributed by atoms with Gasteiger partial charge in [-0.1, -0.05) is 13.8 Å². The lowest BCUT2D eigenvalue weighted by Crippen LogP contribution is -2.44. The van der Waals surface area contributed by atoms with Gasteiger partial charge in [0.1, 0.15) is 0 Å². The molecule has 0 spiro atoms. The third-order valence-corrected chi connectivity index (χ3v) is 4.37. The van der Waals surface area contributed by atoms with Crippen molar-refractivity contribution < 1.29 is 8.42 Å². The van der Waals surface area contributed by atoms with E-state index < -0.39 is 9.84 Å². The van der Waals surface area contributed by atoms with E-state index in [0.29, 0.717) is 12.3 Å². The van der Waals surface area contributed by atoms with Gasteiger partial charge in [0.25, 0.3) is 0 Å². The number of hydrogen-bond donors (Lipinski definition) is 1. The summed E-state index contributed by atoms with van der Waals surface area (Å²) in [7, 11) is -2.79. The average Bonchev–Trinajstić information content (AvgIpc) is 1.94. The molecule has 72 valence electrons. The number of nitrogens with two attached hydrogens (primary N) is 1. The maximum atomic E-state index is 11.3. The molecule has 2 N–H and O–H groups in total. The van der Waals surface area contributed by atoms with Crippen molar-refractivity contribution in [2.45, 2.75) is 26.3 Å². The molecule has 0 aliphatic carbocycles. The van der Waals surface area contributed by atoms with Gasteiger partial charge in [-0.3, -0.25) is 0 Å². The third kappa shape index (κ3) is 2.20. The lowest BCUT2D eigenvalue weighted by Gasteiger charge is -2.31. The first-order valence-electron chi connectivity index (χ1n) is 4.38. The monoisotopic (exact) mass is 191 g/mol. The summed E-state index contributed by atoms with van der Waals surface area (Å²) < 4.78 is 22.5. The zero-order valence-electron chi connectivity index (χ0n) is 7.66. The van der Waals surface area contributed by atoms with Crippen molar-refractivity contribution in [3.63, 3.8) is 0 Å². The van der Waals surface area contributed by atoms with Crippen LogP contribution in [-0.2, 0) is 9.84 Å². The Kier molecular flexibility index (Phi) is 2.78. The van der Waals surface area contributed by atoms with Gasteiger partial charge >= 0.3 is 0 Å². The van der Waals surface area contributed by atoms with E-state index in [1.807, 2.05) is 13.8 Å². The van der Waals surface area contributed by atoms with Crippen LogP contribution in [0.2, 0.25) is 0 Å². The van der Waals surface area contributed by atoms with Crippen molar-refractivity contribution in [2.24, 2.45) is 17.6 Å². The summed E-state index contributed by atoms with van der Waals surface area (Å²) in [6, 6.07) is 0.0773. The Morgan fingerprint density at radius 3 is 2.42 bits per heavy atom. The smallest absolute Gasteiger partial charge is 0.150 e. The van der Waals surface area contributed by atoms with Crippen molar-refractivity contribution in [3.8, 4) is 0 Å². The first-order valence-corrected chi connectivity index (χ1v) is 6.20. The maximum absolute atomic E-state index is 11.3. The van der Waals surface area contributed by atoms with Gasteiger partial charge in [0, 0.05) is 6.04 Å². The maximum Gasteiger partial charge on any atom is 0.150 e. The zero-order chi connectivity index (χ0) is 9.35. The highest BCUT2D eigenvalue weighted by Gasteiger charge is 2.32. The molecule has 1 heterocycles. The molecule has 1 fully saturated rings. The average molecular weight is 191 g/mol. The SMILES string of the molecule is CC(C)[C@H]1CS(=O)(=O)CC[C@H]1N. The van der Waals surface area contributed by atoms with Crippen LogP contribution in [0, 0.1) is 11.8 Å². The predicted octanol–water partition coefficient (Wildman–Crippen LogP) is 0.404. The second-order valence-electron chi connectivity index (χ2n) is 3.97. The summed E-state index contributed by atoms with van der Waals surface area (Å²) in [6.45, 7) is 4.07. The van der Waals surface area contributed by atoms with Crippen LogP contribution < -0.4 is 5.73 Å². The van der Waals surface area contributed by atoms with Crippen LogP contribution in [0.4, 0.5) is 0 Å². The van der Waals surface area contributed by atoms with Crippen LogP contribution >= 0.6 is 0 Å². The molecule has 0 aromatic rings. The standard InChI is InChI=1S/C8H17NO2S/c1-6(2)7-5-12(10,11)4-3-8(7)9/h6-8H,3-5,9H2,1-2H3/t7-,8-/m1/s1. The summed E-state index contributed by atoms with van der Waals surface area (Å²) in [5.74, 6) is 1.09. The number of hydrogen-bond acceptors (Lipinski definition) is 3. The van der Waals surface area contributed by atoms with Crippen LogP contribution in [0.3, 0.4) is 0 Å². The van der Waals surface area contributed by atoms with Crippen molar-refractivity contribution >= 4 is 9.84 Å². The van der Waals surface area contributed by atoms with Crippen LogP contribution in [-0.4, -0.2) is 26.0 Å². The summed E-state index contributed by atoms with van der Waals surface area (Å²) in [6.07, 6.45) is 0.630. The Morgan fingerprint density at radius 2 is 2.00 bits per heavy atom. The van der Waals surface area contributed by atoms with Gasteiger partial charge in [0.05, 0.1) is 11.5 Å². The molecule has 0 aromatic heterocycles. The zero-order valence-corrected chi connectivity index (χ0v) is 8.47. The van der Waals surface area contributed by atoms with Crippen LogP contribution in [0.25, 0.3) is 0 Å². The quantitative estimate of drug-likeness (QED) is 0.653. The van der Waals surface area contributed by atoms with E-state index in [0.717, 1.165) is 0 Å². The number of rotatable bonds is 1. The Labute approximate surface area is 74.3 Å². The fraction of sp³-hybridized carbons (Fsp3) is 1.00. The van der Waals surface area contributed by atoms with E-state index >= 15 is 0 Å². The fourth-order valence-electron chi connectivity index (χ4n) is 1.72. The van der Waals surface area contributed by atoms with Crippen LogP contribution in [0.1, 0.15) is 20.3 Å². The van der Waals surface area contributed by atoms with Gasteiger partial charge in [-0.25, -0.2) is 8.42 Å². The molecule has 0 unspecified atom stereocenters. The minimum absolute atomic E-state index is 0.0773. The van der Waals surface area contributed by atoms with E-state index in [1.165, 1.54) is 0 Å². The first-order chi connectivity index (χ1) is 5.42. The van der Waals surface area contributed by atoms with Crippen molar-refractivity contribution in [3.05, 3.63) is 0 Å². The second kappa shape index (κ2) is 3.34. The fourth-order valence-corrected chi connectivity index (χ4v) is 3.73. The molecule has 2 atom stereocenters. The molecule has 1 aliphatic heterocycles. The topological polar surface area (TPSA) is 60.2 Å². The number of sulfone groups is 1. The molecule has 4 heteroatoms. The minimum atomic E-state index is -2.79. The Balaban J connectivity index is 2.73. The molecule has 3 nitrogen and oxygen atoms in total. The molecule has 1 aliphatic rings. The molecule has 0 bridgehead atoms. The summed E-state index contributed by atoms with van der Waals surface area (Å²) in [4.78, 5) is 0. The highest BCUT2D eigenvalue weighted by Crippen LogP contribution is 2.23. The minimum Gasteiger partial charge on any atom is -0.327 e. The summed E-state index contributed by atoms with van der Waals surface area (Å²) in [5.41, 5.74) is 5.84. The lowest BCUT2D eigenvalue weighted by molar-refractivity contribution is 0.329. The van der Waals surface area contributed by atoms with Gasteiger partial charge in [-0.05, 0) is 18.3 Å². The molecular weight excluding hydrogens is 174 g/mol. The van der Waals surface area contributed by atoms with Gasteiger partial charge in [0.15, 0.2) is 9.84 Å². The molecular formula is C8H17NO2S. The summed E-state index contributed by atoms with van der Waals surface area (Å²) >= 11 is 0. The third-order valence-electron chi connectivity index (χ3n) is 2.61. The highest BCUT2D eigenvalue weighted by atomic mass is 32.2. The van der Waals surface area contributed by atoms with Gasteiger partial charge in [-0.2, -0.15) is 0 Å². The van der Waals surface area contributed by atoms with Crippen LogP contribution in [0.5, 0.6) is 0 Å². The Hall–Kier alpha value is -0.0900. The van der Waals surface area contributed by atoms with Gasteiger partial charge < -0.3 is 5.73 Å². The second-order valence-corrected chi connectivity index (χ2v) is 6.20. The first kappa shape index (κ1) is 9.99. The largest absolute Gasteiger partial charge is 0.327 e. The molecule has 0 radical (unpaired) electrons. The van der Waals surface area contributed by atoms with E-state index in [2.05, 4.69) is 0 Å². The Morgan fingerprint density at radius 1 is 1.42 bits per heavy atom. The van der Waals surface area contributed by atoms with Gasteiger partial charge in [-0.15, -0.1) is 0 Å².